The topological polar surface area (TPSA) is 42.2 Å². The molecule has 112 valence electrons. The van der Waals surface area contributed by atoms with E-state index in [4.69, 9.17) is 0 Å². The zero-order valence-electron chi connectivity index (χ0n) is 13.1. The molecule has 0 bridgehead atoms. The fourth-order valence-corrected chi connectivity index (χ4v) is 3.03. The molecule has 0 aliphatic heterocycles. The van der Waals surface area contributed by atoms with E-state index in [1.54, 1.807) is 6.20 Å². The Morgan fingerprint density at radius 2 is 1.91 bits per heavy atom. The quantitative estimate of drug-likeness (QED) is 0.764. The Morgan fingerprint density at radius 1 is 1.14 bits per heavy atom. The van der Waals surface area contributed by atoms with Gasteiger partial charge in [-0.3, -0.25) is 0 Å². The summed E-state index contributed by atoms with van der Waals surface area (Å²) in [5.41, 5.74) is 5.96. The van der Waals surface area contributed by atoms with Crippen molar-refractivity contribution in [3.8, 4) is 11.1 Å². The molecule has 0 atom stereocenters. The van der Waals surface area contributed by atoms with Crippen LogP contribution in [-0.4, -0.2) is 15.6 Å². The number of hydrogen-bond acceptors (Lipinski definition) is 1. The van der Waals surface area contributed by atoms with Crippen LogP contribution in [0, 0.1) is 13.8 Å². The van der Waals surface area contributed by atoms with Gasteiger partial charge in [0.05, 0.1) is 5.56 Å². The van der Waals surface area contributed by atoms with Gasteiger partial charge in [0, 0.05) is 23.6 Å². The average molecular weight is 293 g/mol. The number of carboxylic acid groups (broad SMARTS) is 1. The third-order valence-corrected chi connectivity index (χ3v) is 4.15. The Balaban J connectivity index is 2.25. The van der Waals surface area contributed by atoms with E-state index < -0.39 is 5.97 Å². The maximum absolute atomic E-state index is 11.5. The first-order chi connectivity index (χ1) is 10.5. The van der Waals surface area contributed by atoms with Gasteiger partial charge in [0.2, 0.25) is 0 Å². The predicted octanol–water partition coefficient (Wildman–Crippen LogP) is 4.64. The lowest BCUT2D eigenvalue weighted by molar-refractivity contribution is 0.0699. The summed E-state index contributed by atoms with van der Waals surface area (Å²) in [6.07, 6.45) is 1.72. The highest BCUT2D eigenvalue weighted by molar-refractivity contribution is 6.04. The predicted molar refractivity (Wildman–Crippen MR) is 89.5 cm³/mol. The number of aryl methyl sites for hydroxylation is 3. The van der Waals surface area contributed by atoms with Crippen molar-refractivity contribution < 1.29 is 9.90 Å². The highest BCUT2D eigenvalue weighted by Gasteiger charge is 2.14. The van der Waals surface area contributed by atoms with E-state index in [0.717, 1.165) is 28.6 Å². The first kappa shape index (κ1) is 14.4. The van der Waals surface area contributed by atoms with E-state index in [1.807, 2.05) is 23.6 Å². The minimum Gasteiger partial charge on any atom is -0.478 e. The summed E-state index contributed by atoms with van der Waals surface area (Å²) in [5, 5.41) is 10.2. The summed E-state index contributed by atoms with van der Waals surface area (Å²) in [7, 11) is 0. The normalized spacial score (nSPS) is 11.0. The molecule has 3 rings (SSSR count). The second-order valence-electron chi connectivity index (χ2n) is 5.68. The summed E-state index contributed by atoms with van der Waals surface area (Å²) in [5.74, 6) is -0.880. The number of aromatic nitrogens is 1. The molecule has 1 heterocycles. The monoisotopic (exact) mass is 293 g/mol. The van der Waals surface area contributed by atoms with Crippen molar-refractivity contribution in [2.75, 3.05) is 0 Å². The van der Waals surface area contributed by atoms with Gasteiger partial charge in [-0.25, -0.2) is 4.79 Å². The van der Waals surface area contributed by atoms with Crippen molar-refractivity contribution in [1.82, 2.24) is 4.57 Å². The molecule has 0 saturated carbocycles. The molecule has 2 aromatic carbocycles. The number of fused-ring (bicyclic) bond motifs is 1. The fourth-order valence-electron chi connectivity index (χ4n) is 3.03. The summed E-state index contributed by atoms with van der Waals surface area (Å²) in [6, 6.07) is 12.4. The van der Waals surface area contributed by atoms with Gasteiger partial charge < -0.3 is 9.67 Å². The van der Waals surface area contributed by atoms with Gasteiger partial charge in [0.25, 0.3) is 0 Å². The van der Waals surface area contributed by atoms with Crippen LogP contribution in [0.4, 0.5) is 0 Å². The number of nitrogens with zero attached hydrogens (tertiary/aromatic N) is 1. The van der Waals surface area contributed by atoms with Gasteiger partial charge in [-0.05, 0) is 49.6 Å². The largest absolute Gasteiger partial charge is 0.478 e. The van der Waals surface area contributed by atoms with Crippen LogP contribution >= 0.6 is 0 Å². The Bertz CT molecular complexity index is 875. The number of carbonyl (C=O) groups is 1. The highest BCUT2D eigenvalue weighted by Crippen LogP contribution is 2.30. The van der Waals surface area contributed by atoms with E-state index >= 15 is 0 Å². The molecule has 0 fully saturated rings. The first-order valence-corrected chi connectivity index (χ1v) is 7.45. The molecule has 0 saturated heterocycles. The maximum Gasteiger partial charge on any atom is 0.337 e. The van der Waals surface area contributed by atoms with Crippen molar-refractivity contribution in [2.45, 2.75) is 27.3 Å². The second-order valence-corrected chi connectivity index (χ2v) is 5.68. The fraction of sp³-hybridized carbons (Fsp3) is 0.211. The molecule has 1 aromatic heterocycles. The van der Waals surface area contributed by atoms with E-state index in [1.165, 1.54) is 11.1 Å². The number of aromatic carboxylic acids is 1. The molecule has 3 nitrogen and oxygen atoms in total. The molecule has 0 unspecified atom stereocenters. The molecule has 3 aromatic rings. The van der Waals surface area contributed by atoms with Crippen LogP contribution < -0.4 is 0 Å². The molecule has 1 N–H and O–H groups in total. The lowest BCUT2D eigenvalue weighted by atomic mass is 9.97. The van der Waals surface area contributed by atoms with Crippen LogP contribution in [0.5, 0.6) is 0 Å². The van der Waals surface area contributed by atoms with Crippen molar-refractivity contribution in [3.63, 3.8) is 0 Å². The molecule has 0 aliphatic carbocycles. The average Bonchev–Trinajstić information content (AvgIpc) is 2.85. The van der Waals surface area contributed by atoms with E-state index in [0.29, 0.717) is 5.56 Å². The third-order valence-electron chi connectivity index (χ3n) is 4.15. The first-order valence-electron chi connectivity index (χ1n) is 7.45. The highest BCUT2D eigenvalue weighted by atomic mass is 16.4. The summed E-state index contributed by atoms with van der Waals surface area (Å²) in [6.45, 7) is 6.93. The van der Waals surface area contributed by atoms with Gasteiger partial charge >= 0.3 is 5.97 Å². The third kappa shape index (κ3) is 2.29. The Morgan fingerprint density at radius 3 is 2.55 bits per heavy atom. The maximum atomic E-state index is 11.5. The Hall–Kier alpha value is -2.55. The van der Waals surface area contributed by atoms with Crippen molar-refractivity contribution in [3.05, 3.63) is 59.3 Å². The minimum atomic E-state index is -0.880. The summed E-state index contributed by atoms with van der Waals surface area (Å²) < 4.78 is 1.98. The molecule has 0 radical (unpaired) electrons. The smallest absolute Gasteiger partial charge is 0.337 e. The van der Waals surface area contributed by atoms with E-state index in [9.17, 15) is 9.90 Å². The number of rotatable bonds is 3. The molecule has 0 spiro atoms. The Kier molecular flexibility index (Phi) is 3.49. The van der Waals surface area contributed by atoms with Crippen LogP contribution in [0.25, 0.3) is 22.0 Å². The van der Waals surface area contributed by atoms with Crippen LogP contribution in [0.1, 0.15) is 28.4 Å². The van der Waals surface area contributed by atoms with Crippen LogP contribution in [0.3, 0.4) is 0 Å². The molecule has 3 heteroatoms. The number of benzene rings is 2. The minimum absolute atomic E-state index is 0.364. The Labute approximate surface area is 129 Å². The summed E-state index contributed by atoms with van der Waals surface area (Å²) >= 11 is 0. The van der Waals surface area contributed by atoms with Crippen molar-refractivity contribution in [1.29, 1.82) is 0 Å². The summed E-state index contributed by atoms with van der Waals surface area (Å²) in [4.78, 5) is 11.5. The molecular weight excluding hydrogens is 274 g/mol. The van der Waals surface area contributed by atoms with Gasteiger partial charge in [0.1, 0.15) is 0 Å². The lowest BCUT2D eigenvalue weighted by Gasteiger charge is -2.08. The van der Waals surface area contributed by atoms with Crippen molar-refractivity contribution in [2.24, 2.45) is 0 Å². The van der Waals surface area contributed by atoms with E-state index in [2.05, 4.69) is 38.1 Å². The molecule has 0 amide bonds. The van der Waals surface area contributed by atoms with Gasteiger partial charge in [0.15, 0.2) is 0 Å². The van der Waals surface area contributed by atoms with E-state index in [-0.39, 0.29) is 0 Å². The van der Waals surface area contributed by atoms with Crippen molar-refractivity contribution >= 4 is 16.9 Å². The number of carboxylic acids is 1. The van der Waals surface area contributed by atoms with Crippen LogP contribution in [0.15, 0.2) is 42.6 Å². The van der Waals surface area contributed by atoms with Gasteiger partial charge in [-0.15, -0.1) is 0 Å². The standard InChI is InChI=1S/C19H19NO2/c1-4-20-11-17(19(21)22)16-10-14(6-8-18(16)20)15-7-5-12(2)9-13(15)3/h5-11H,4H2,1-3H3,(H,21,22). The van der Waals surface area contributed by atoms with Gasteiger partial charge in [-0.1, -0.05) is 29.8 Å². The second kappa shape index (κ2) is 5.34. The van der Waals surface area contributed by atoms with Gasteiger partial charge in [-0.2, -0.15) is 0 Å². The van der Waals surface area contributed by atoms with Crippen LogP contribution in [-0.2, 0) is 6.54 Å². The zero-order valence-corrected chi connectivity index (χ0v) is 13.1. The zero-order chi connectivity index (χ0) is 15.9. The SMILES string of the molecule is CCn1cc(C(=O)O)c2cc(-c3ccc(C)cc3C)ccc21. The molecule has 22 heavy (non-hydrogen) atoms. The van der Waals surface area contributed by atoms with Crippen LogP contribution in [0.2, 0.25) is 0 Å². The molecular formula is C19H19NO2. The lowest BCUT2D eigenvalue weighted by Crippen LogP contribution is -1.94. The molecule has 0 aliphatic rings. The number of hydrogen-bond donors (Lipinski definition) is 1.